The molecule has 0 bridgehead atoms. The van der Waals surface area contributed by atoms with E-state index in [2.05, 4.69) is 0 Å². The molecule has 0 saturated carbocycles. The third kappa shape index (κ3) is 2.64. The van der Waals surface area contributed by atoms with Crippen LogP contribution in [0.5, 0.6) is 0 Å². The van der Waals surface area contributed by atoms with Gasteiger partial charge in [-0.15, -0.1) is 0 Å². The fourth-order valence-corrected chi connectivity index (χ4v) is 0.620. The van der Waals surface area contributed by atoms with Gasteiger partial charge in [0.1, 0.15) is 6.04 Å². The van der Waals surface area contributed by atoms with Crippen molar-refractivity contribution in [3.8, 4) is 0 Å². The smallest absolute Gasteiger partial charge is 0.324 e. The number of nitrogens with one attached hydrogen (secondary N) is 1. The van der Waals surface area contributed by atoms with Gasteiger partial charge in [0.2, 0.25) is 0 Å². The number of rotatable bonds is 3. The van der Waals surface area contributed by atoms with Crippen LogP contribution in [0.4, 0.5) is 0 Å². The van der Waals surface area contributed by atoms with Gasteiger partial charge in [0.25, 0.3) is 0 Å². The van der Waals surface area contributed by atoms with E-state index in [4.69, 9.17) is 22.0 Å². The number of aliphatic hydroxyl groups is 1. The third-order valence-corrected chi connectivity index (χ3v) is 1.10. The van der Waals surface area contributed by atoms with Crippen molar-refractivity contribution in [2.45, 2.75) is 19.1 Å². The summed E-state index contributed by atoms with van der Waals surface area (Å²) in [5, 5.41) is 16.9. The number of carboxylic acids is 1. The molecular weight excluding hydrogens is 146 g/mol. The highest BCUT2D eigenvalue weighted by molar-refractivity contribution is 6.14. The number of halogens is 1. The molecule has 0 rings (SSSR count). The second kappa shape index (κ2) is 3.66. The van der Waals surface area contributed by atoms with E-state index in [0.717, 1.165) is 0 Å². The monoisotopic (exact) mass is 153 g/mol. The van der Waals surface area contributed by atoms with Crippen LogP contribution < -0.4 is 4.84 Å². The summed E-state index contributed by atoms with van der Waals surface area (Å²) in [6.07, 6.45) is -0.986. The van der Waals surface area contributed by atoms with Gasteiger partial charge in [-0.25, -0.2) is 4.84 Å². The Morgan fingerprint density at radius 3 is 2.22 bits per heavy atom. The first-order valence-corrected chi connectivity index (χ1v) is 2.74. The zero-order valence-electron chi connectivity index (χ0n) is 4.84. The van der Waals surface area contributed by atoms with Gasteiger partial charge in [-0.1, -0.05) is 0 Å². The van der Waals surface area contributed by atoms with Crippen LogP contribution in [0.25, 0.3) is 0 Å². The number of carbonyl (C=O) groups is 1. The normalized spacial score (nSPS) is 16.8. The Kier molecular flexibility index (Phi) is 3.53. The summed E-state index contributed by atoms with van der Waals surface area (Å²) >= 11 is 4.97. The van der Waals surface area contributed by atoms with Crippen LogP contribution in [0, 0.1) is 0 Å². The summed E-state index contributed by atoms with van der Waals surface area (Å²) in [4.78, 5) is 12.0. The largest absolute Gasteiger partial charge is 0.480 e. The summed E-state index contributed by atoms with van der Waals surface area (Å²) in [6, 6.07) is -1.09. The van der Waals surface area contributed by atoms with E-state index in [1.165, 1.54) is 6.92 Å². The number of aliphatic hydroxyl groups excluding tert-OH is 1. The summed E-state index contributed by atoms with van der Waals surface area (Å²) in [7, 11) is 0. The Balaban J connectivity index is 3.83. The van der Waals surface area contributed by atoms with Crippen LogP contribution in [-0.2, 0) is 4.79 Å². The average molecular weight is 154 g/mol. The van der Waals surface area contributed by atoms with Crippen LogP contribution in [-0.4, -0.2) is 28.3 Å². The maximum absolute atomic E-state index is 10.1. The highest BCUT2D eigenvalue weighted by Crippen LogP contribution is 1.92. The molecule has 0 aliphatic heterocycles. The summed E-state index contributed by atoms with van der Waals surface area (Å²) in [6.45, 7) is 1.34. The topological polar surface area (TPSA) is 69.6 Å². The quantitative estimate of drug-likeness (QED) is 0.481. The number of hydrogen-bond donors (Lipinski definition) is 3. The lowest BCUT2D eigenvalue weighted by Gasteiger charge is -2.10. The molecule has 0 aliphatic rings. The van der Waals surface area contributed by atoms with Crippen molar-refractivity contribution in [3.05, 3.63) is 0 Å². The summed E-state index contributed by atoms with van der Waals surface area (Å²) in [5.74, 6) is -1.17. The predicted octanol–water partition coefficient (Wildman–Crippen LogP) is -0.436. The van der Waals surface area contributed by atoms with Gasteiger partial charge in [0.05, 0.1) is 6.10 Å². The van der Waals surface area contributed by atoms with Crippen molar-refractivity contribution in [1.82, 2.24) is 4.84 Å². The minimum atomic E-state index is -1.17. The van der Waals surface area contributed by atoms with E-state index in [1.54, 1.807) is 0 Å². The average Bonchev–Trinajstić information content (AvgIpc) is 1.64. The maximum atomic E-state index is 10.1. The minimum Gasteiger partial charge on any atom is -0.480 e. The SMILES string of the molecule is CC(O)[C@H](NCl)C(=O)O. The molecule has 3 N–H and O–H groups in total. The van der Waals surface area contributed by atoms with Crippen LogP contribution >= 0.6 is 11.8 Å². The van der Waals surface area contributed by atoms with Gasteiger partial charge in [-0.3, -0.25) is 4.79 Å². The molecule has 0 aliphatic carbocycles. The molecule has 0 spiro atoms. The molecule has 0 amide bonds. The zero-order chi connectivity index (χ0) is 7.44. The van der Waals surface area contributed by atoms with Crippen LogP contribution in [0.2, 0.25) is 0 Å². The first kappa shape index (κ1) is 8.68. The van der Waals surface area contributed by atoms with E-state index in [9.17, 15) is 4.79 Å². The molecule has 0 aromatic rings. The second-order valence-corrected chi connectivity index (χ2v) is 1.88. The van der Waals surface area contributed by atoms with Gasteiger partial charge in [0, 0.05) is 0 Å². The Morgan fingerprint density at radius 1 is 1.78 bits per heavy atom. The summed E-state index contributed by atoms with van der Waals surface area (Å²) < 4.78 is 0. The highest BCUT2D eigenvalue weighted by Gasteiger charge is 2.20. The first-order valence-electron chi connectivity index (χ1n) is 2.36. The van der Waals surface area contributed by atoms with Gasteiger partial charge in [-0.2, -0.15) is 0 Å². The molecule has 1 unspecified atom stereocenters. The van der Waals surface area contributed by atoms with E-state index in [0.29, 0.717) is 0 Å². The molecule has 0 fully saturated rings. The maximum Gasteiger partial charge on any atom is 0.324 e. The van der Waals surface area contributed by atoms with Crippen LogP contribution in [0.15, 0.2) is 0 Å². The number of aliphatic carboxylic acids is 1. The van der Waals surface area contributed by atoms with E-state index >= 15 is 0 Å². The zero-order valence-corrected chi connectivity index (χ0v) is 5.59. The Morgan fingerprint density at radius 2 is 2.22 bits per heavy atom. The number of carboxylic acid groups (broad SMARTS) is 1. The molecule has 4 nitrogen and oxygen atoms in total. The van der Waals surface area contributed by atoms with Gasteiger partial charge >= 0.3 is 5.97 Å². The standard InChI is InChI=1S/C4H8ClNO3/c1-2(7)3(6-5)4(8)9/h2-3,6-7H,1H3,(H,8,9)/t2?,3-/m0/s1. The molecule has 0 aromatic heterocycles. The van der Waals surface area contributed by atoms with Gasteiger partial charge in [0.15, 0.2) is 0 Å². The minimum absolute atomic E-state index is 0.986. The molecule has 54 valence electrons. The molecule has 0 saturated heterocycles. The van der Waals surface area contributed by atoms with E-state index in [1.807, 2.05) is 4.84 Å². The summed E-state index contributed by atoms with van der Waals surface area (Å²) in [5.41, 5.74) is 0. The third-order valence-electron chi connectivity index (χ3n) is 0.866. The lowest BCUT2D eigenvalue weighted by molar-refractivity contribution is -0.141. The van der Waals surface area contributed by atoms with Crippen LogP contribution in [0.3, 0.4) is 0 Å². The molecule has 0 heterocycles. The van der Waals surface area contributed by atoms with E-state index < -0.39 is 18.1 Å². The Bertz CT molecular complexity index is 106. The first-order chi connectivity index (χ1) is 4.09. The molecule has 0 radical (unpaired) electrons. The lowest BCUT2D eigenvalue weighted by atomic mass is 10.2. The molecule has 5 heteroatoms. The highest BCUT2D eigenvalue weighted by atomic mass is 35.5. The van der Waals surface area contributed by atoms with Crippen molar-refractivity contribution < 1.29 is 15.0 Å². The van der Waals surface area contributed by atoms with Crippen molar-refractivity contribution in [3.63, 3.8) is 0 Å². The molecule has 9 heavy (non-hydrogen) atoms. The second-order valence-electron chi connectivity index (χ2n) is 1.67. The van der Waals surface area contributed by atoms with Crippen molar-refractivity contribution in [1.29, 1.82) is 0 Å². The predicted molar refractivity (Wildman–Crippen MR) is 32.1 cm³/mol. The fourth-order valence-electron chi connectivity index (χ4n) is 0.344. The Labute approximate surface area is 57.5 Å². The van der Waals surface area contributed by atoms with Gasteiger partial charge < -0.3 is 10.2 Å². The Hall–Kier alpha value is -0.320. The van der Waals surface area contributed by atoms with Crippen molar-refractivity contribution in [2.24, 2.45) is 0 Å². The lowest BCUT2D eigenvalue weighted by Crippen LogP contribution is -2.40. The van der Waals surface area contributed by atoms with Crippen molar-refractivity contribution in [2.75, 3.05) is 0 Å². The molecule has 2 atom stereocenters. The van der Waals surface area contributed by atoms with Gasteiger partial charge in [-0.05, 0) is 18.7 Å². The van der Waals surface area contributed by atoms with Crippen LogP contribution in [0.1, 0.15) is 6.92 Å². The molecular formula is C4H8ClNO3. The fraction of sp³-hybridized carbons (Fsp3) is 0.750. The van der Waals surface area contributed by atoms with Crippen molar-refractivity contribution >= 4 is 17.7 Å². The van der Waals surface area contributed by atoms with E-state index in [-0.39, 0.29) is 0 Å². The molecule has 0 aromatic carbocycles. The number of hydrogen-bond acceptors (Lipinski definition) is 3.